The molecule has 0 spiro atoms. The monoisotopic (exact) mass is 311 g/mol. The van der Waals surface area contributed by atoms with Crippen molar-refractivity contribution in [2.24, 2.45) is 5.92 Å². The predicted molar refractivity (Wildman–Crippen MR) is 79.9 cm³/mol. The number of carboxylic acids is 1. The lowest BCUT2D eigenvalue weighted by atomic mass is 10.0. The first-order valence-corrected chi connectivity index (χ1v) is 8.66. The molecule has 2 rings (SSSR count). The lowest BCUT2D eigenvalue weighted by Gasteiger charge is -2.21. The van der Waals surface area contributed by atoms with Gasteiger partial charge < -0.3 is 5.11 Å². The van der Waals surface area contributed by atoms with Gasteiger partial charge in [-0.1, -0.05) is 18.9 Å². The van der Waals surface area contributed by atoms with Crippen LogP contribution in [0.4, 0.5) is 0 Å². The standard InChI is InChI=1S/C15H21NO4S/c1-10-7-8-13(15(17)18)9-14(10)21(19,20)16-11(2)12-5-3-4-6-12/h7-9,11-12,16H,3-6H2,1-2H3,(H,17,18). The normalized spacial score (nSPS) is 17.8. The number of rotatable bonds is 5. The van der Waals surface area contributed by atoms with Crippen LogP contribution in [0.15, 0.2) is 23.1 Å². The minimum absolute atomic E-state index is 0.0190. The zero-order valence-corrected chi connectivity index (χ0v) is 13.1. The number of carboxylic acid groups (broad SMARTS) is 1. The first kappa shape index (κ1) is 16.0. The van der Waals surface area contributed by atoms with Gasteiger partial charge in [0.05, 0.1) is 10.5 Å². The third-order valence-corrected chi connectivity index (χ3v) is 5.87. The fourth-order valence-corrected chi connectivity index (χ4v) is 4.47. The Morgan fingerprint density at radius 1 is 1.33 bits per heavy atom. The van der Waals surface area contributed by atoms with Crippen molar-refractivity contribution in [3.05, 3.63) is 29.3 Å². The van der Waals surface area contributed by atoms with Crippen LogP contribution in [-0.2, 0) is 10.0 Å². The lowest BCUT2D eigenvalue weighted by Crippen LogP contribution is -2.37. The molecule has 1 fully saturated rings. The minimum Gasteiger partial charge on any atom is -0.478 e. The summed E-state index contributed by atoms with van der Waals surface area (Å²) in [4.78, 5) is 11.1. The zero-order valence-electron chi connectivity index (χ0n) is 12.3. The molecule has 1 aromatic carbocycles. The average Bonchev–Trinajstić information content (AvgIpc) is 2.92. The summed E-state index contributed by atoms with van der Waals surface area (Å²) in [5, 5.41) is 9.01. The topological polar surface area (TPSA) is 83.5 Å². The Balaban J connectivity index is 2.26. The van der Waals surface area contributed by atoms with Gasteiger partial charge in [0.15, 0.2) is 0 Å². The van der Waals surface area contributed by atoms with E-state index >= 15 is 0 Å². The van der Waals surface area contributed by atoms with Gasteiger partial charge in [0.1, 0.15) is 0 Å². The van der Waals surface area contributed by atoms with Crippen LogP contribution < -0.4 is 4.72 Å². The fraction of sp³-hybridized carbons (Fsp3) is 0.533. The number of hydrogen-bond acceptors (Lipinski definition) is 3. The third-order valence-electron chi connectivity index (χ3n) is 4.17. The molecule has 1 saturated carbocycles. The number of carbonyl (C=O) groups is 1. The van der Waals surface area contributed by atoms with Gasteiger partial charge in [0, 0.05) is 6.04 Å². The summed E-state index contributed by atoms with van der Waals surface area (Å²) in [5.74, 6) is -0.766. The highest BCUT2D eigenvalue weighted by Crippen LogP contribution is 2.28. The quantitative estimate of drug-likeness (QED) is 0.875. The van der Waals surface area contributed by atoms with Crippen LogP contribution in [-0.4, -0.2) is 25.5 Å². The molecule has 0 saturated heterocycles. The Labute approximate surface area is 125 Å². The van der Waals surface area contributed by atoms with Crippen molar-refractivity contribution in [2.45, 2.75) is 50.5 Å². The van der Waals surface area contributed by atoms with E-state index in [0.29, 0.717) is 11.5 Å². The highest BCUT2D eigenvalue weighted by molar-refractivity contribution is 7.89. The van der Waals surface area contributed by atoms with E-state index in [-0.39, 0.29) is 16.5 Å². The van der Waals surface area contributed by atoms with E-state index in [0.717, 1.165) is 25.7 Å². The number of aromatic carboxylic acids is 1. The Morgan fingerprint density at radius 2 is 1.95 bits per heavy atom. The van der Waals surface area contributed by atoms with Crippen molar-refractivity contribution in [2.75, 3.05) is 0 Å². The Morgan fingerprint density at radius 3 is 2.52 bits per heavy atom. The van der Waals surface area contributed by atoms with Gasteiger partial charge in [-0.05, 0) is 50.3 Å². The number of aryl methyl sites for hydroxylation is 1. The van der Waals surface area contributed by atoms with E-state index in [9.17, 15) is 13.2 Å². The fourth-order valence-electron chi connectivity index (χ4n) is 2.88. The largest absolute Gasteiger partial charge is 0.478 e. The number of sulfonamides is 1. The molecule has 21 heavy (non-hydrogen) atoms. The molecule has 1 aliphatic carbocycles. The highest BCUT2D eigenvalue weighted by atomic mass is 32.2. The maximum Gasteiger partial charge on any atom is 0.335 e. The summed E-state index contributed by atoms with van der Waals surface area (Å²) in [6.45, 7) is 3.55. The molecule has 5 nitrogen and oxygen atoms in total. The van der Waals surface area contributed by atoms with Crippen molar-refractivity contribution in [3.8, 4) is 0 Å². The molecule has 1 unspecified atom stereocenters. The third kappa shape index (κ3) is 3.63. The van der Waals surface area contributed by atoms with Crippen LogP contribution in [0.5, 0.6) is 0 Å². The summed E-state index contributed by atoms with van der Waals surface area (Å²) in [6, 6.07) is 4.03. The second-order valence-corrected chi connectivity index (χ2v) is 7.42. The van der Waals surface area contributed by atoms with E-state index in [2.05, 4.69) is 4.72 Å². The van der Waals surface area contributed by atoms with Gasteiger partial charge in [-0.15, -0.1) is 0 Å². The van der Waals surface area contributed by atoms with Gasteiger partial charge in [0.2, 0.25) is 10.0 Å². The maximum absolute atomic E-state index is 12.5. The Bertz CT molecular complexity index is 633. The van der Waals surface area contributed by atoms with Gasteiger partial charge >= 0.3 is 5.97 Å². The first-order chi connectivity index (χ1) is 9.81. The van der Waals surface area contributed by atoms with Crippen LogP contribution in [0.1, 0.15) is 48.5 Å². The summed E-state index contributed by atoms with van der Waals surface area (Å²) >= 11 is 0. The second-order valence-electron chi connectivity index (χ2n) is 5.74. The predicted octanol–water partition coefficient (Wildman–Crippen LogP) is 2.55. The van der Waals surface area contributed by atoms with Crippen LogP contribution in [0, 0.1) is 12.8 Å². The summed E-state index contributed by atoms with van der Waals surface area (Å²) < 4.78 is 27.7. The van der Waals surface area contributed by atoms with Crippen LogP contribution in [0.25, 0.3) is 0 Å². The molecular weight excluding hydrogens is 290 g/mol. The molecule has 2 N–H and O–H groups in total. The summed E-state index contributed by atoms with van der Waals surface area (Å²) in [6.07, 6.45) is 4.37. The number of benzene rings is 1. The van der Waals surface area contributed by atoms with E-state index in [4.69, 9.17) is 5.11 Å². The molecule has 1 aromatic rings. The minimum atomic E-state index is -3.70. The molecular formula is C15H21NO4S. The van der Waals surface area contributed by atoms with Crippen molar-refractivity contribution < 1.29 is 18.3 Å². The number of hydrogen-bond donors (Lipinski definition) is 2. The molecule has 116 valence electrons. The molecule has 0 radical (unpaired) electrons. The first-order valence-electron chi connectivity index (χ1n) is 7.17. The molecule has 0 bridgehead atoms. The SMILES string of the molecule is Cc1ccc(C(=O)O)cc1S(=O)(=O)NC(C)C1CCCC1. The van der Waals surface area contributed by atoms with Crippen LogP contribution in [0.3, 0.4) is 0 Å². The maximum atomic E-state index is 12.5. The Kier molecular flexibility index (Phi) is 4.68. The van der Waals surface area contributed by atoms with Crippen molar-refractivity contribution in [1.82, 2.24) is 4.72 Å². The van der Waals surface area contributed by atoms with Crippen molar-refractivity contribution in [1.29, 1.82) is 0 Å². The van der Waals surface area contributed by atoms with Gasteiger partial charge in [-0.3, -0.25) is 0 Å². The molecule has 0 aromatic heterocycles. The van der Waals surface area contributed by atoms with E-state index in [1.165, 1.54) is 18.2 Å². The Hall–Kier alpha value is -1.40. The molecule has 0 aliphatic heterocycles. The van der Waals surface area contributed by atoms with Gasteiger partial charge in [0.25, 0.3) is 0 Å². The molecule has 1 atom stereocenters. The molecule has 1 aliphatic rings. The molecule has 0 amide bonds. The average molecular weight is 311 g/mol. The lowest BCUT2D eigenvalue weighted by molar-refractivity contribution is 0.0696. The van der Waals surface area contributed by atoms with Gasteiger partial charge in [-0.2, -0.15) is 0 Å². The summed E-state index contributed by atoms with van der Waals surface area (Å²) in [5.41, 5.74) is 0.528. The molecule has 6 heteroatoms. The zero-order chi connectivity index (χ0) is 15.6. The number of nitrogens with one attached hydrogen (secondary N) is 1. The van der Waals surface area contributed by atoms with E-state index < -0.39 is 16.0 Å². The summed E-state index contributed by atoms with van der Waals surface area (Å²) in [7, 11) is -3.70. The van der Waals surface area contributed by atoms with E-state index in [1.807, 2.05) is 6.92 Å². The van der Waals surface area contributed by atoms with Crippen molar-refractivity contribution >= 4 is 16.0 Å². The van der Waals surface area contributed by atoms with Gasteiger partial charge in [-0.25, -0.2) is 17.9 Å². The highest BCUT2D eigenvalue weighted by Gasteiger charge is 2.27. The smallest absolute Gasteiger partial charge is 0.335 e. The van der Waals surface area contributed by atoms with Crippen molar-refractivity contribution in [3.63, 3.8) is 0 Å². The van der Waals surface area contributed by atoms with Crippen LogP contribution >= 0.6 is 0 Å². The second kappa shape index (κ2) is 6.15. The van der Waals surface area contributed by atoms with Crippen LogP contribution in [0.2, 0.25) is 0 Å². The molecule has 0 heterocycles. The van der Waals surface area contributed by atoms with E-state index in [1.54, 1.807) is 6.92 Å².